The Labute approximate surface area is 107 Å². The summed E-state index contributed by atoms with van der Waals surface area (Å²) in [4.78, 5) is 12.7. The first-order valence-electron chi connectivity index (χ1n) is 6.27. The second kappa shape index (κ2) is 3.47. The van der Waals surface area contributed by atoms with Crippen LogP contribution < -0.4 is 5.32 Å². The fraction of sp³-hybridized carbons (Fsp3) is 0.923. The monoisotopic (exact) mass is 287 g/mol. The molecule has 3 fully saturated rings. The van der Waals surface area contributed by atoms with Gasteiger partial charge >= 0.3 is 0 Å². The molecule has 3 rings (SSSR count). The average molecular weight is 288 g/mol. The third-order valence-electron chi connectivity index (χ3n) is 5.51. The summed E-state index contributed by atoms with van der Waals surface area (Å²) in [5.74, 6) is 0.260. The first-order chi connectivity index (χ1) is 7.34. The summed E-state index contributed by atoms with van der Waals surface area (Å²) < 4.78 is 0. The largest absolute Gasteiger partial charge is 0.356 e. The maximum Gasteiger partial charge on any atom is 0.227 e. The van der Waals surface area contributed by atoms with Crippen LogP contribution in [0.3, 0.4) is 0 Å². The first kappa shape index (κ1) is 12.4. The summed E-state index contributed by atoms with van der Waals surface area (Å²) in [5.41, 5.74) is 0.236. The Kier molecular flexibility index (Phi) is 2.69. The van der Waals surface area contributed by atoms with E-state index < -0.39 is 0 Å². The van der Waals surface area contributed by atoms with Gasteiger partial charge in [0.15, 0.2) is 0 Å². The van der Waals surface area contributed by atoms with Gasteiger partial charge in [0.2, 0.25) is 5.91 Å². The zero-order valence-electron chi connectivity index (χ0n) is 10.7. The van der Waals surface area contributed by atoms with Gasteiger partial charge in [0.25, 0.3) is 0 Å². The molecular weight excluding hydrogens is 266 g/mol. The maximum atomic E-state index is 12.4. The summed E-state index contributed by atoms with van der Waals surface area (Å²) in [6.45, 7) is 9.71. The van der Waals surface area contributed by atoms with Crippen LogP contribution in [0.5, 0.6) is 0 Å². The Balaban J connectivity index is 2.24. The van der Waals surface area contributed by atoms with Gasteiger partial charge in [-0.15, -0.1) is 0 Å². The Morgan fingerprint density at radius 1 is 1.38 bits per heavy atom. The van der Waals surface area contributed by atoms with Gasteiger partial charge in [-0.2, -0.15) is 0 Å². The fourth-order valence-electron chi connectivity index (χ4n) is 3.85. The number of nitrogens with one attached hydrogen (secondary N) is 1. The Bertz CT molecular complexity index is 328. The molecule has 3 saturated carbocycles. The molecule has 0 heterocycles. The standard InChI is InChI=1S/C13H22BrNO/c1-5-8-15-10(16)13-7-6-12(4,9(13)14)11(13,2)3/h9H,5-8H2,1-4H3,(H,15,16). The molecule has 3 heteroatoms. The van der Waals surface area contributed by atoms with Crippen molar-refractivity contribution in [2.75, 3.05) is 6.54 Å². The van der Waals surface area contributed by atoms with Crippen molar-refractivity contribution in [3.05, 3.63) is 0 Å². The number of hydrogen-bond donors (Lipinski definition) is 1. The van der Waals surface area contributed by atoms with Crippen LogP contribution >= 0.6 is 15.9 Å². The zero-order valence-corrected chi connectivity index (χ0v) is 12.3. The lowest BCUT2D eigenvalue weighted by Crippen LogP contribution is -2.69. The summed E-state index contributed by atoms with van der Waals surface area (Å²) in [5, 5.41) is 3.09. The van der Waals surface area contributed by atoms with Gasteiger partial charge in [0.05, 0.1) is 5.41 Å². The smallest absolute Gasteiger partial charge is 0.227 e. The van der Waals surface area contributed by atoms with Crippen LogP contribution in [0, 0.1) is 16.2 Å². The van der Waals surface area contributed by atoms with E-state index in [1.165, 1.54) is 0 Å². The molecule has 0 radical (unpaired) electrons. The predicted octanol–water partition coefficient (Wildman–Crippen LogP) is 3.10. The third kappa shape index (κ3) is 1.06. The lowest BCUT2D eigenvalue weighted by molar-refractivity contribution is -0.161. The minimum absolute atomic E-state index is 0.117. The van der Waals surface area contributed by atoms with Crippen LogP contribution in [0.4, 0.5) is 0 Å². The van der Waals surface area contributed by atoms with Crippen molar-refractivity contribution in [3.63, 3.8) is 0 Å². The molecule has 0 aromatic heterocycles. The highest BCUT2D eigenvalue weighted by atomic mass is 79.9. The molecule has 0 spiro atoms. The Morgan fingerprint density at radius 3 is 2.38 bits per heavy atom. The number of carbonyl (C=O) groups excluding carboxylic acids is 1. The van der Waals surface area contributed by atoms with Crippen LogP contribution in [0.25, 0.3) is 0 Å². The number of amides is 1. The Hall–Kier alpha value is -0.0500. The van der Waals surface area contributed by atoms with Crippen molar-refractivity contribution in [1.82, 2.24) is 5.32 Å². The van der Waals surface area contributed by atoms with Crippen molar-refractivity contribution in [1.29, 1.82) is 0 Å². The van der Waals surface area contributed by atoms with E-state index in [4.69, 9.17) is 0 Å². The van der Waals surface area contributed by atoms with E-state index in [1.54, 1.807) is 0 Å². The van der Waals surface area contributed by atoms with E-state index >= 15 is 0 Å². The zero-order chi connectivity index (χ0) is 12.2. The molecular formula is C13H22BrNO. The predicted molar refractivity (Wildman–Crippen MR) is 69.6 cm³/mol. The highest BCUT2D eigenvalue weighted by Crippen LogP contribution is 2.79. The number of carbonyl (C=O) groups is 1. The summed E-state index contributed by atoms with van der Waals surface area (Å²) in [7, 11) is 0. The number of fused-ring (bicyclic) bond motifs is 1. The highest BCUT2D eigenvalue weighted by molar-refractivity contribution is 9.09. The number of hydrogen-bond acceptors (Lipinski definition) is 1. The molecule has 16 heavy (non-hydrogen) atoms. The van der Waals surface area contributed by atoms with Crippen LogP contribution in [0.2, 0.25) is 0 Å². The van der Waals surface area contributed by atoms with Crippen molar-refractivity contribution < 1.29 is 4.79 Å². The van der Waals surface area contributed by atoms with Gasteiger partial charge in [0.1, 0.15) is 0 Å². The van der Waals surface area contributed by atoms with Gasteiger partial charge in [-0.3, -0.25) is 4.79 Å². The fourth-order valence-corrected chi connectivity index (χ4v) is 5.66. The first-order valence-corrected chi connectivity index (χ1v) is 7.18. The van der Waals surface area contributed by atoms with E-state index in [0.717, 1.165) is 25.8 Å². The van der Waals surface area contributed by atoms with Crippen molar-refractivity contribution in [3.8, 4) is 0 Å². The lowest BCUT2D eigenvalue weighted by atomic mass is 9.43. The Morgan fingerprint density at radius 2 is 2.00 bits per heavy atom. The molecule has 3 aliphatic carbocycles. The van der Waals surface area contributed by atoms with Crippen LogP contribution in [0.1, 0.15) is 47.0 Å². The summed E-state index contributed by atoms with van der Waals surface area (Å²) in [6.07, 6.45) is 3.20. The number of rotatable bonds is 3. The van der Waals surface area contributed by atoms with Gasteiger partial charge in [-0.1, -0.05) is 43.6 Å². The maximum absolute atomic E-state index is 12.4. The van der Waals surface area contributed by atoms with Crippen molar-refractivity contribution in [2.24, 2.45) is 16.2 Å². The van der Waals surface area contributed by atoms with Gasteiger partial charge in [-0.05, 0) is 30.1 Å². The highest BCUT2D eigenvalue weighted by Gasteiger charge is 2.79. The molecule has 0 aliphatic heterocycles. The van der Waals surface area contributed by atoms with Gasteiger partial charge < -0.3 is 5.32 Å². The second-order valence-electron chi connectivity index (χ2n) is 6.13. The van der Waals surface area contributed by atoms with Crippen LogP contribution in [-0.4, -0.2) is 17.3 Å². The van der Waals surface area contributed by atoms with Crippen LogP contribution in [-0.2, 0) is 4.79 Å². The average Bonchev–Trinajstić information content (AvgIpc) is 2.64. The minimum atomic E-state index is -0.170. The van der Waals surface area contributed by atoms with E-state index in [9.17, 15) is 4.79 Å². The molecule has 1 N–H and O–H groups in total. The number of halogens is 1. The van der Waals surface area contributed by atoms with Crippen LogP contribution in [0.15, 0.2) is 0 Å². The molecule has 3 aliphatic rings. The summed E-state index contributed by atoms with van der Waals surface area (Å²) in [6, 6.07) is 0. The van der Waals surface area contributed by atoms with E-state index in [-0.39, 0.29) is 22.2 Å². The van der Waals surface area contributed by atoms with Crippen molar-refractivity contribution >= 4 is 21.8 Å². The SMILES string of the molecule is CCCNC(=O)C12CCC(C)(C1Br)C2(C)C. The van der Waals surface area contributed by atoms with E-state index in [1.807, 2.05) is 0 Å². The molecule has 3 atom stereocenters. The van der Waals surface area contributed by atoms with E-state index in [0.29, 0.717) is 4.83 Å². The minimum Gasteiger partial charge on any atom is -0.356 e. The molecule has 1 amide bonds. The molecule has 92 valence electrons. The van der Waals surface area contributed by atoms with E-state index in [2.05, 4.69) is 48.9 Å². The third-order valence-corrected chi connectivity index (χ3v) is 7.31. The molecule has 0 aromatic carbocycles. The normalized spacial score (nSPS) is 43.9. The molecule has 0 aromatic rings. The lowest BCUT2D eigenvalue weighted by Gasteiger charge is -2.64. The van der Waals surface area contributed by atoms with Gasteiger partial charge in [0, 0.05) is 11.4 Å². The number of alkyl halides is 1. The molecule has 2 nitrogen and oxygen atoms in total. The van der Waals surface area contributed by atoms with Crippen molar-refractivity contribution in [2.45, 2.75) is 51.8 Å². The second-order valence-corrected chi connectivity index (χ2v) is 7.05. The quantitative estimate of drug-likeness (QED) is 0.794. The molecule has 3 unspecified atom stereocenters. The molecule has 2 bridgehead atoms. The molecule has 0 saturated heterocycles. The topological polar surface area (TPSA) is 29.1 Å². The van der Waals surface area contributed by atoms with Gasteiger partial charge in [-0.25, -0.2) is 0 Å². The summed E-state index contributed by atoms with van der Waals surface area (Å²) >= 11 is 3.77.